The van der Waals surface area contributed by atoms with Gasteiger partial charge in [0.1, 0.15) is 0 Å². The first kappa shape index (κ1) is 18.7. The minimum Gasteiger partial charge on any atom is -0.346 e. The smallest absolute Gasteiger partial charge is 0.346 e. The fourth-order valence-corrected chi connectivity index (χ4v) is 6.54. The molecule has 1 amide bonds. The fraction of sp³-hybridized carbons (Fsp3) is 0.550. The predicted octanol–water partition coefficient (Wildman–Crippen LogP) is 5.02. The zero-order valence-corrected chi connectivity index (χ0v) is 16.7. The molecule has 4 aliphatic rings. The van der Waals surface area contributed by atoms with Gasteiger partial charge in [-0.15, -0.1) is 11.3 Å². The molecule has 0 radical (unpaired) electrons. The summed E-state index contributed by atoms with van der Waals surface area (Å²) >= 11 is 7.15. The molecule has 8 heteroatoms. The molecular weight excluding hydrogens is 409 g/mol. The molecule has 150 valence electrons. The number of nitrogens with zero attached hydrogens (tertiary/aromatic N) is 1. The highest BCUT2D eigenvalue weighted by Crippen LogP contribution is 2.53. The molecule has 1 spiro atoms. The molecule has 28 heavy (non-hydrogen) atoms. The van der Waals surface area contributed by atoms with Gasteiger partial charge in [0.15, 0.2) is 0 Å². The Bertz CT molecular complexity index is 945. The normalized spacial score (nSPS) is 28.1. The lowest BCUT2D eigenvalue weighted by molar-refractivity contribution is -0.126. The molecule has 6 rings (SSSR count). The average molecular weight is 429 g/mol. The van der Waals surface area contributed by atoms with Crippen LogP contribution < -0.4 is 5.32 Å². The standard InChI is InChI=1S/C20H20ClF3N2OS/c21-14-2-1-12-9-15(28-16(12)13(14)10-20(22,23)24)18(27)25-17-11-3-7-26(8-4-11)19(17)5-6-19/h1-2,9,11,17H,3-8,10H2,(H,25,27)/t17-/m0/s1. The van der Waals surface area contributed by atoms with E-state index < -0.39 is 12.6 Å². The molecule has 4 heterocycles. The summed E-state index contributed by atoms with van der Waals surface area (Å²) in [5.74, 6) is 0.321. The number of benzene rings is 1. The Hall–Kier alpha value is -1.31. The Morgan fingerprint density at radius 3 is 2.64 bits per heavy atom. The van der Waals surface area contributed by atoms with Gasteiger partial charge in [-0.25, -0.2) is 0 Å². The van der Waals surface area contributed by atoms with Gasteiger partial charge < -0.3 is 5.32 Å². The van der Waals surface area contributed by atoms with Gasteiger partial charge in [0.05, 0.1) is 17.3 Å². The summed E-state index contributed by atoms with van der Waals surface area (Å²) in [6.07, 6.45) is -1.00. The van der Waals surface area contributed by atoms with Gasteiger partial charge in [-0.2, -0.15) is 13.2 Å². The maximum atomic E-state index is 13.0. The Morgan fingerprint density at radius 2 is 2.00 bits per heavy atom. The van der Waals surface area contributed by atoms with Crippen molar-refractivity contribution < 1.29 is 18.0 Å². The van der Waals surface area contributed by atoms with Gasteiger partial charge in [-0.3, -0.25) is 9.69 Å². The van der Waals surface area contributed by atoms with Crippen LogP contribution in [0.2, 0.25) is 5.02 Å². The van der Waals surface area contributed by atoms with E-state index in [1.807, 2.05) is 0 Å². The lowest BCUT2D eigenvalue weighted by Gasteiger charge is -2.52. The average Bonchev–Trinajstić information content (AvgIpc) is 3.29. The molecule has 2 aromatic rings. The Kier molecular flexibility index (Phi) is 4.24. The molecule has 0 unspecified atom stereocenters. The van der Waals surface area contributed by atoms with Gasteiger partial charge in [-0.05, 0) is 67.8 Å². The number of fused-ring (bicyclic) bond motifs is 3. The first-order valence-corrected chi connectivity index (χ1v) is 10.8. The van der Waals surface area contributed by atoms with Gasteiger partial charge in [0, 0.05) is 15.3 Å². The van der Waals surface area contributed by atoms with Crippen LogP contribution in [0.4, 0.5) is 13.2 Å². The van der Waals surface area contributed by atoms with Crippen LogP contribution in [-0.2, 0) is 6.42 Å². The number of thiophene rings is 1. The second-order valence-corrected chi connectivity index (χ2v) is 9.69. The van der Waals surface area contributed by atoms with Crippen molar-refractivity contribution in [2.24, 2.45) is 5.92 Å². The number of carbonyl (C=O) groups excluding carboxylic acids is 1. The van der Waals surface area contributed by atoms with Crippen LogP contribution in [-0.4, -0.2) is 41.7 Å². The Labute approximate surface area is 169 Å². The van der Waals surface area contributed by atoms with Crippen molar-refractivity contribution in [3.8, 4) is 0 Å². The van der Waals surface area contributed by atoms with Crippen molar-refractivity contribution in [2.75, 3.05) is 13.1 Å². The topological polar surface area (TPSA) is 32.3 Å². The van der Waals surface area contributed by atoms with Crippen LogP contribution >= 0.6 is 22.9 Å². The summed E-state index contributed by atoms with van der Waals surface area (Å²) in [5, 5.41) is 3.96. The SMILES string of the molecule is O=C(N[C@H]1C2CCN(CC2)C12CC2)c1cc2ccc(Cl)c(CC(F)(F)F)c2s1. The van der Waals surface area contributed by atoms with E-state index in [-0.39, 0.29) is 28.1 Å². The number of carbonyl (C=O) groups is 1. The van der Waals surface area contributed by atoms with E-state index in [9.17, 15) is 18.0 Å². The third-order valence-corrected chi connectivity index (χ3v) is 8.17. The molecular formula is C20H20ClF3N2OS. The van der Waals surface area contributed by atoms with Crippen LogP contribution in [0.15, 0.2) is 18.2 Å². The highest BCUT2D eigenvalue weighted by atomic mass is 35.5. The third kappa shape index (κ3) is 3.02. The summed E-state index contributed by atoms with van der Waals surface area (Å²) in [6.45, 7) is 2.22. The van der Waals surface area contributed by atoms with Crippen LogP contribution in [0, 0.1) is 5.92 Å². The number of halogens is 4. The number of hydrogen-bond donors (Lipinski definition) is 1. The molecule has 3 nitrogen and oxygen atoms in total. The molecule has 4 fully saturated rings. The van der Waals surface area contributed by atoms with Crippen LogP contribution in [0.25, 0.3) is 10.1 Å². The molecule has 2 bridgehead atoms. The van der Waals surface area contributed by atoms with Crippen molar-refractivity contribution >= 4 is 38.9 Å². The molecule has 3 aliphatic heterocycles. The predicted molar refractivity (Wildman–Crippen MR) is 104 cm³/mol. The maximum absolute atomic E-state index is 13.0. The summed E-state index contributed by atoms with van der Waals surface area (Å²) < 4.78 is 39.3. The number of alkyl halides is 3. The van der Waals surface area contributed by atoms with Crippen LogP contribution in [0.1, 0.15) is 40.9 Å². The zero-order valence-electron chi connectivity index (χ0n) is 15.1. The summed E-state index contributed by atoms with van der Waals surface area (Å²) in [7, 11) is 0. The van der Waals surface area contributed by atoms with Crippen LogP contribution in [0.5, 0.6) is 0 Å². The van der Waals surface area contributed by atoms with E-state index in [1.165, 1.54) is 6.07 Å². The minimum absolute atomic E-state index is 0.0530. The highest BCUT2D eigenvalue weighted by molar-refractivity contribution is 7.21. The summed E-state index contributed by atoms with van der Waals surface area (Å²) in [4.78, 5) is 16.0. The second kappa shape index (κ2) is 6.34. The van der Waals surface area contributed by atoms with E-state index in [2.05, 4.69) is 10.2 Å². The van der Waals surface area contributed by atoms with E-state index in [0.717, 1.165) is 50.1 Å². The lowest BCUT2D eigenvalue weighted by Crippen LogP contribution is -2.65. The van der Waals surface area contributed by atoms with Crippen molar-refractivity contribution in [3.63, 3.8) is 0 Å². The van der Waals surface area contributed by atoms with Gasteiger partial charge in [0.25, 0.3) is 5.91 Å². The van der Waals surface area contributed by atoms with Gasteiger partial charge >= 0.3 is 6.18 Å². The molecule has 1 aromatic carbocycles. The van der Waals surface area contributed by atoms with Gasteiger partial charge in [-0.1, -0.05) is 17.7 Å². The molecule has 3 saturated heterocycles. The fourth-order valence-electron chi connectivity index (χ4n) is 5.15. The van der Waals surface area contributed by atoms with E-state index in [0.29, 0.717) is 20.9 Å². The lowest BCUT2D eigenvalue weighted by atomic mass is 9.77. The number of hydrogen-bond acceptors (Lipinski definition) is 3. The third-order valence-electron chi connectivity index (χ3n) is 6.60. The number of piperidine rings is 3. The summed E-state index contributed by atoms with van der Waals surface area (Å²) in [6, 6.07) is 4.99. The molecule has 1 aliphatic carbocycles. The Morgan fingerprint density at radius 1 is 1.29 bits per heavy atom. The molecule has 1 N–H and O–H groups in total. The number of amides is 1. The summed E-state index contributed by atoms with van der Waals surface area (Å²) in [5.41, 5.74) is 0.176. The second-order valence-electron chi connectivity index (χ2n) is 8.23. The number of rotatable bonds is 3. The molecule has 1 aromatic heterocycles. The number of nitrogens with one attached hydrogen (secondary N) is 1. The van der Waals surface area contributed by atoms with E-state index in [4.69, 9.17) is 11.6 Å². The van der Waals surface area contributed by atoms with Crippen molar-refractivity contribution in [1.29, 1.82) is 0 Å². The largest absolute Gasteiger partial charge is 0.393 e. The first-order chi connectivity index (χ1) is 13.3. The van der Waals surface area contributed by atoms with E-state index in [1.54, 1.807) is 12.1 Å². The van der Waals surface area contributed by atoms with Crippen LogP contribution in [0.3, 0.4) is 0 Å². The maximum Gasteiger partial charge on any atom is 0.393 e. The van der Waals surface area contributed by atoms with Crippen molar-refractivity contribution in [3.05, 3.63) is 33.7 Å². The quantitative estimate of drug-likeness (QED) is 0.744. The molecule has 1 saturated carbocycles. The molecule has 1 atom stereocenters. The minimum atomic E-state index is -4.35. The Balaban J connectivity index is 1.43. The monoisotopic (exact) mass is 428 g/mol. The van der Waals surface area contributed by atoms with E-state index >= 15 is 0 Å². The highest BCUT2D eigenvalue weighted by Gasteiger charge is 2.60. The zero-order chi connectivity index (χ0) is 19.7. The first-order valence-electron chi connectivity index (χ1n) is 9.60. The van der Waals surface area contributed by atoms with Gasteiger partial charge in [0.2, 0.25) is 0 Å². The van der Waals surface area contributed by atoms with Crippen molar-refractivity contribution in [1.82, 2.24) is 10.2 Å². The van der Waals surface area contributed by atoms with Crippen molar-refractivity contribution in [2.45, 2.75) is 49.9 Å².